The average molecular weight is 195 g/mol. The van der Waals surface area contributed by atoms with E-state index in [9.17, 15) is 0 Å². The van der Waals surface area contributed by atoms with Crippen LogP contribution < -0.4 is 4.57 Å². The third-order valence-electron chi connectivity index (χ3n) is 2.59. The summed E-state index contributed by atoms with van der Waals surface area (Å²) in [5.41, 5.74) is 1.25. The van der Waals surface area contributed by atoms with Crippen molar-refractivity contribution in [2.45, 2.75) is 58.9 Å². The number of rotatable bonds is 7. The maximum absolute atomic E-state index is 3.19. The summed E-state index contributed by atoms with van der Waals surface area (Å²) in [6.07, 6.45) is 12.5. The summed E-state index contributed by atoms with van der Waals surface area (Å²) in [5.74, 6) is 0. The topological polar surface area (TPSA) is 19.7 Å². The van der Waals surface area contributed by atoms with Gasteiger partial charge in [0, 0.05) is 6.92 Å². The van der Waals surface area contributed by atoms with Crippen molar-refractivity contribution in [1.82, 2.24) is 4.98 Å². The van der Waals surface area contributed by atoms with Crippen molar-refractivity contribution < 1.29 is 4.57 Å². The lowest BCUT2D eigenvalue weighted by atomic mass is 10.1. The van der Waals surface area contributed by atoms with E-state index in [-0.39, 0.29) is 0 Å². The molecule has 0 aliphatic heterocycles. The van der Waals surface area contributed by atoms with Crippen LogP contribution in [0.25, 0.3) is 0 Å². The van der Waals surface area contributed by atoms with Crippen LogP contribution in [0.15, 0.2) is 12.5 Å². The normalized spacial score (nSPS) is 10.7. The molecule has 0 atom stereocenters. The molecule has 0 amide bonds. The van der Waals surface area contributed by atoms with Crippen molar-refractivity contribution in [2.75, 3.05) is 0 Å². The quantitative estimate of drug-likeness (QED) is 0.510. The Morgan fingerprint density at radius 3 is 2.50 bits per heavy atom. The smallest absolute Gasteiger partial charge is 0.241 e. The molecule has 0 unspecified atom stereocenters. The highest BCUT2D eigenvalue weighted by molar-refractivity contribution is 4.82. The van der Waals surface area contributed by atoms with Crippen LogP contribution in [0.2, 0.25) is 0 Å². The number of aromatic nitrogens is 2. The molecule has 0 aromatic carbocycles. The van der Waals surface area contributed by atoms with Crippen molar-refractivity contribution in [1.29, 1.82) is 0 Å². The van der Waals surface area contributed by atoms with Crippen LogP contribution in [0.5, 0.6) is 0 Å². The average Bonchev–Trinajstić information content (AvgIpc) is 2.58. The van der Waals surface area contributed by atoms with E-state index in [1.807, 2.05) is 0 Å². The lowest BCUT2D eigenvalue weighted by molar-refractivity contribution is -0.696. The first-order valence-electron chi connectivity index (χ1n) is 5.87. The standard InChI is InChI=1S/C12H22N2/c1-3-4-5-6-7-8-9-14-10-12(2)13-11-14/h10-11H,3-9H2,1-2H3/p+1. The Kier molecular flexibility index (Phi) is 5.35. The highest BCUT2D eigenvalue weighted by Crippen LogP contribution is 2.04. The van der Waals surface area contributed by atoms with Gasteiger partial charge in [0.25, 0.3) is 0 Å². The molecule has 0 saturated carbocycles. The minimum Gasteiger partial charge on any atom is -0.248 e. The molecule has 2 nitrogen and oxygen atoms in total. The monoisotopic (exact) mass is 195 g/mol. The van der Waals surface area contributed by atoms with E-state index in [2.05, 4.69) is 35.9 Å². The number of hydrogen-bond donors (Lipinski definition) is 1. The molecule has 1 heterocycles. The Hall–Kier alpha value is -0.790. The van der Waals surface area contributed by atoms with Crippen molar-refractivity contribution in [2.24, 2.45) is 0 Å². The van der Waals surface area contributed by atoms with Gasteiger partial charge in [-0.2, -0.15) is 0 Å². The number of H-pyrrole nitrogens is 1. The Morgan fingerprint density at radius 2 is 1.86 bits per heavy atom. The number of aryl methyl sites for hydroxylation is 2. The Morgan fingerprint density at radius 1 is 1.14 bits per heavy atom. The second kappa shape index (κ2) is 6.63. The molecule has 0 aliphatic rings. The molecule has 2 heteroatoms. The summed E-state index contributed by atoms with van der Waals surface area (Å²) in [6, 6.07) is 0. The van der Waals surface area contributed by atoms with Crippen LogP contribution in [0, 0.1) is 6.92 Å². The minimum absolute atomic E-state index is 1.16. The van der Waals surface area contributed by atoms with Crippen LogP contribution in [0.4, 0.5) is 0 Å². The molecule has 0 aliphatic carbocycles. The predicted octanol–water partition coefficient (Wildman–Crippen LogP) is 2.97. The van der Waals surface area contributed by atoms with E-state index >= 15 is 0 Å². The fourth-order valence-corrected chi connectivity index (χ4v) is 1.71. The van der Waals surface area contributed by atoms with Crippen LogP contribution >= 0.6 is 0 Å². The zero-order valence-corrected chi connectivity index (χ0v) is 9.55. The van der Waals surface area contributed by atoms with Crippen LogP contribution in [0.3, 0.4) is 0 Å². The van der Waals surface area contributed by atoms with E-state index in [4.69, 9.17) is 0 Å². The van der Waals surface area contributed by atoms with Crippen LogP contribution in [0.1, 0.15) is 51.1 Å². The number of unbranched alkanes of at least 4 members (excludes halogenated alkanes) is 5. The second-order valence-corrected chi connectivity index (χ2v) is 4.09. The lowest BCUT2D eigenvalue weighted by Crippen LogP contribution is -2.30. The minimum atomic E-state index is 1.16. The first kappa shape index (κ1) is 11.3. The van der Waals surface area contributed by atoms with E-state index < -0.39 is 0 Å². The highest BCUT2D eigenvalue weighted by atomic mass is 15.0. The molecule has 1 aromatic rings. The maximum Gasteiger partial charge on any atom is 0.241 e. The van der Waals surface area contributed by atoms with Gasteiger partial charge in [-0.25, -0.2) is 9.55 Å². The molecule has 1 aromatic heterocycles. The summed E-state index contributed by atoms with van der Waals surface area (Å²) in [5, 5.41) is 0. The molecule has 0 saturated heterocycles. The third-order valence-corrected chi connectivity index (χ3v) is 2.59. The molecule has 0 fully saturated rings. The van der Waals surface area contributed by atoms with Crippen molar-refractivity contribution in [3.05, 3.63) is 18.2 Å². The second-order valence-electron chi connectivity index (χ2n) is 4.09. The molecule has 1 rings (SSSR count). The van der Waals surface area contributed by atoms with Gasteiger partial charge in [-0.3, -0.25) is 0 Å². The molecule has 14 heavy (non-hydrogen) atoms. The van der Waals surface area contributed by atoms with Gasteiger partial charge in [0.2, 0.25) is 6.33 Å². The molecular weight excluding hydrogens is 172 g/mol. The van der Waals surface area contributed by atoms with E-state index in [1.165, 1.54) is 44.2 Å². The van der Waals surface area contributed by atoms with Crippen molar-refractivity contribution in [3.8, 4) is 0 Å². The Labute approximate surface area is 87.4 Å². The zero-order valence-electron chi connectivity index (χ0n) is 9.55. The van der Waals surface area contributed by atoms with Gasteiger partial charge >= 0.3 is 0 Å². The van der Waals surface area contributed by atoms with Crippen molar-refractivity contribution >= 4 is 0 Å². The molecule has 0 spiro atoms. The van der Waals surface area contributed by atoms with Gasteiger partial charge in [-0.05, 0) is 12.8 Å². The van der Waals surface area contributed by atoms with Gasteiger partial charge in [0.15, 0.2) is 0 Å². The number of aromatic amines is 1. The van der Waals surface area contributed by atoms with E-state index in [1.54, 1.807) is 0 Å². The molecule has 0 radical (unpaired) electrons. The van der Waals surface area contributed by atoms with Gasteiger partial charge < -0.3 is 0 Å². The summed E-state index contributed by atoms with van der Waals surface area (Å²) in [4.78, 5) is 3.19. The first-order valence-corrected chi connectivity index (χ1v) is 5.87. The summed E-state index contributed by atoms with van der Waals surface area (Å²) in [7, 11) is 0. The number of imidazole rings is 1. The van der Waals surface area contributed by atoms with Crippen LogP contribution in [-0.2, 0) is 6.54 Å². The Balaban J connectivity index is 1.99. The predicted molar refractivity (Wildman–Crippen MR) is 59.1 cm³/mol. The molecular formula is C12H23N2+. The third kappa shape index (κ3) is 4.45. The van der Waals surface area contributed by atoms with Crippen LogP contribution in [-0.4, -0.2) is 4.98 Å². The molecule has 80 valence electrons. The first-order chi connectivity index (χ1) is 6.83. The van der Waals surface area contributed by atoms with Gasteiger partial charge in [0.1, 0.15) is 11.9 Å². The maximum atomic E-state index is 3.19. The van der Waals surface area contributed by atoms with E-state index in [0.717, 1.165) is 6.54 Å². The van der Waals surface area contributed by atoms with Gasteiger partial charge in [0.05, 0.1) is 6.54 Å². The number of nitrogens with zero attached hydrogens (tertiary/aromatic N) is 1. The van der Waals surface area contributed by atoms with Gasteiger partial charge in [-0.15, -0.1) is 0 Å². The summed E-state index contributed by atoms with van der Waals surface area (Å²) >= 11 is 0. The van der Waals surface area contributed by atoms with Crippen molar-refractivity contribution in [3.63, 3.8) is 0 Å². The fraction of sp³-hybridized carbons (Fsp3) is 0.750. The SMILES string of the molecule is CCCCCCCC[n+]1c[nH]c(C)c1. The lowest BCUT2D eigenvalue weighted by Gasteiger charge is -1.98. The largest absolute Gasteiger partial charge is 0.248 e. The number of hydrogen-bond acceptors (Lipinski definition) is 0. The molecule has 1 N–H and O–H groups in total. The Bertz CT molecular complexity index is 240. The summed E-state index contributed by atoms with van der Waals surface area (Å²) in [6.45, 7) is 5.52. The van der Waals surface area contributed by atoms with E-state index in [0.29, 0.717) is 0 Å². The molecule has 0 bridgehead atoms. The van der Waals surface area contributed by atoms with Gasteiger partial charge in [-0.1, -0.05) is 32.6 Å². The number of nitrogens with one attached hydrogen (secondary N) is 1. The summed E-state index contributed by atoms with van der Waals surface area (Å²) < 4.78 is 2.25. The highest BCUT2D eigenvalue weighted by Gasteiger charge is 1.99. The fourth-order valence-electron chi connectivity index (χ4n) is 1.71. The zero-order chi connectivity index (χ0) is 10.2.